The minimum Gasteiger partial charge on any atom is -0.340 e. The first kappa shape index (κ1) is 14.0. The molecular formula is C14H20N4O3. The Morgan fingerprint density at radius 1 is 1.38 bits per heavy atom. The number of carbonyl (C=O) groups is 2. The first-order valence-electron chi connectivity index (χ1n) is 7.51. The molecule has 0 radical (unpaired) electrons. The number of nitrogens with zero attached hydrogens (tertiary/aromatic N) is 3. The molecule has 1 aliphatic heterocycles. The van der Waals surface area contributed by atoms with E-state index in [-0.39, 0.29) is 11.8 Å². The van der Waals surface area contributed by atoms with Crippen molar-refractivity contribution in [3.8, 4) is 0 Å². The quantitative estimate of drug-likeness (QED) is 0.884. The van der Waals surface area contributed by atoms with Crippen LogP contribution in [-0.4, -0.2) is 45.0 Å². The van der Waals surface area contributed by atoms with Gasteiger partial charge in [0.25, 0.3) is 0 Å². The van der Waals surface area contributed by atoms with E-state index in [0.717, 1.165) is 32.1 Å². The van der Waals surface area contributed by atoms with Crippen molar-refractivity contribution in [1.82, 2.24) is 20.4 Å². The Hall–Kier alpha value is -1.92. The third kappa shape index (κ3) is 2.52. The van der Waals surface area contributed by atoms with Crippen LogP contribution in [0.1, 0.15) is 44.9 Å². The molecule has 21 heavy (non-hydrogen) atoms. The molecule has 1 N–H and O–H groups in total. The molecule has 1 unspecified atom stereocenters. The van der Waals surface area contributed by atoms with Gasteiger partial charge in [-0.1, -0.05) is 24.4 Å². The van der Waals surface area contributed by atoms with Crippen LogP contribution >= 0.6 is 0 Å². The minimum absolute atomic E-state index is 0.0359. The van der Waals surface area contributed by atoms with Gasteiger partial charge in [-0.25, -0.2) is 0 Å². The van der Waals surface area contributed by atoms with E-state index in [1.54, 1.807) is 11.8 Å². The summed E-state index contributed by atoms with van der Waals surface area (Å²) in [5.74, 6) is 0.453. The monoisotopic (exact) mass is 292 g/mol. The number of hydrogen-bond donors (Lipinski definition) is 1. The Labute approximate surface area is 123 Å². The van der Waals surface area contributed by atoms with E-state index in [1.165, 1.54) is 6.33 Å². The highest BCUT2D eigenvalue weighted by molar-refractivity contribution is 5.99. The van der Waals surface area contributed by atoms with Crippen LogP contribution in [0.2, 0.25) is 0 Å². The highest BCUT2D eigenvalue weighted by Gasteiger charge is 2.49. The summed E-state index contributed by atoms with van der Waals surface area (Å²) in [4.78, 5) is 30.7. The third-order valence-electron chi connectivity index (χ3n) is 4.56. The van der Waals surface area contributed by atoms with Gasteiger partial charge in [0.1, 0.15) is 11.6 Å². The fourth-order valence-electron chi connectivity index (χ4n) is 3.30. The summed E-state index contributed by atoms with van der Waals surface area (Å²) < 4.78 is 4.96. The van der Waals surface area contributed by atoms with E-state index in [4.69, 9.17) is 4.52 Å². The first-order chi connectivity index (χ1) is 10.1. The van der Waals surface area contributed by atoms with Crippen LogP contribution in [0.4, 0.5) is 0 Å². The molecule has 1 atom stereocenters. The molecule has 2 fully saturated rings. The molecule has 7 nitrogen and oxygen atoms in total. The van der Waals surface area contributed by atoms with Crippen LogP contribution < -0.4 is 5.32 Å². The van der Waals surface area contributed by atoms with Gasteiger partial charge in [-0.05, 0) is 19.8 Å². The summed E-state index contributed by atoms with van der Waals surface area (Å²) in [6.07, 6.45) is 6.38. The van der Waals surface area contributed by atoms with Gasteiger partial charge in [0.2, 0.25) is 17.7 Å². The summed E-state index contributed by atoms with van der Waals surface area (Å²) in [5.41, 5.74) is -0.684. The summed E-state index contributed by atoms with van der Waals surface area (Å²) in [6, 6.07) is -0.451. The van der Waals surface area contributed by atoms with Crippen molar-refractivity contribution < 1.29 is 14.1 Å². The Kier molecular flexibility index (Phi) is 3.65. The van der Waals surface area contributed by atoms with Crippen LogP contribution in [0.5, 0.6) is 0 Å². The summed E-state index contributed by atoms with van der Waals surface area (Å²) in [7, 11) is 0. The number of aromatic nitrogens is 2. The van der Waals surface area contributed by atoms with E-state index >= 15 is 0 Å². The number of carbonyl (C=O) groups excluding carboxylic acids is 2. The second-order valence-corrected chi connectivity index (χ2v) is 5.89. The lowest BCUT2D eigenvalue weighted by Crippen LogP contribution is -2.70. The predicted molar refractivity (Wildman–Crippen MR) is 73.1 cm³/mol. The molecule has 3 rings (SSSR count). The lowest BCUT2D eigenvalue weighted by Gasteiger charge is -2.46. The molecule has 2 heterocycles. The Balaban J connectivity index is 1.76. The van der Waals surface area contributed by atoms with Crippen molar-refractivity contribution in [1.29, 1.82) is 0 Å². The predicted octanol–water partition coefficient (Wildman–Crippen LogP) is 0.662. The minimum atomic E-state index is -0.684. The van der Waals surface area contributed by atoms with Crippen molar-refractivity contribution >= 4 is 11.8 Å². The lowest BCUT2D eigenvalue weighted by atomic mass is 9.78. The molecule has 2 amide bonds. The van der Waals surface area contributed by atoms with Gasteiger partial charge in [-0.2, -0.15) is 4.98 Å². The average Bonchev–Trinajstić information content (AvgIpc) is 3.00. The van der Waals surface area contributed by atoms with Gasteiger partial charge >= 0.3 is 0 Å². The van der Waals surface area contributed by atoms with Gasteiger partial charge in [0.15, 0.2) is 6.33 Å². The highest BCUT2D eigenvalue weighted by atomic mass is 16.5. The van der Waals surface area contributed by atoms with E-state index in [0.29, 0.717) is 18.9 Å². The van der Waals surface area contributed by atoms with Crippen molar-refractivity contribution in [3.63, 3.8) is 0 Å². The first-order valence-corrected chi connectivity index (χ1v) is 7.51. The average molecular weight is 292 g/mol. The molecule has 1 spiro atoms. The van der Waals surface area contributed by atoms with Gasteiger partial charge in [-0.3, -0.25) is 9.59 Å². The molecule has 114 valence electrons. The number of hydrogen-bond acceptors (Lipinski definition) is 5. The van der Waals surface area contributed by atoms with Crippen LogP contribution in [0.15, 0.2) is 10.9 Å². The molecule has 1 aromatic heterocycles. The Bertz CT molecular complexity index is 522. The highest BCUT2D eigenvalue weighted by Crippen LogP contribution is 2.33. The number of amides is 2. The molecule has 1 saturated carbocycles. The Morgan fingerprint density at radius 2 is 2.14 bits per heavy atom. The van der Waals surface area contributed by atoms with Gasteiger partial charge in [0.05, 0.1) is 0 Å². The summed E-state index contributed by atoms with van der Waals surface area (Å²) in [6.45, 7) is 2.19. The standard InChI is InChI=1S/C14H20N4O3/c1-10-12(19)17-14(6-3-2-4-7-14)13(20)18(10)8-5-11-15-9-16-21-11/h9-10H,2-8H2,1H3,(H,17,19). The van der Waals surface area contributed by atoms with Crippen molar-refractivity contribution in [2.75, 3.05) is 6.54 Å². The molecule has 0 aromatic carbocycles. The second-order valence-electron chi connectivity index (χ2n) is 5.89. The van der Waals surface area contributed by atoms with Crippen LogP contribution in [0.25, 0.3) is 0 Å². The fraction of sp³-hybridized carbons (Fsp3) is 0.714. The maximum absolute atomic E-state index is 12.9. The number of nitrogens with one attached hydrogen (secondary N) is 1. The normalized spacial score (nSPS) is 25.2. The molecule has 1 aliphatic carbocycles. The van der Waals surface area contributed by atoms with E-state index in [1.807, 2.05) is 0 Å². The molecule has 1 saturated heterocycles. The fourth-order valence-corrected chi connectivity index (χ4v) is 3.30. The maximum atomic E-state index is 12.9. The summed E-state index contributed by atoms with van der Waals surface area (Å²) in [5, 5.41) is 6.53. The third-order valence-corrected chi connectivity index (χ3v) is 4.56. The van der Waals surface area contributed by atoms with Crippen LogP contribution in [-0.2, 0) is 16.0 Å². The van der Waals surface area contributed by atoms with E-state index < -0.39 is 11.6 Å². The van der Waals surface area contributed by atoms with Gasteiger partial charge < -0.3 is 14.7 Å². The maximum Gasteiger partial charge on any atom is 0.249 e. The summed E-state index contributed by atoms with van der Waals surface area (Å²) >= 11 is 0. The van der Waals surface area contributed by atoms with Crippen molar-refractivity contribution in [2.24, 2.45) is 0 Å². The molecule has 1 aromatic rings. The van der Waals surface area contributed by atoms with Crippen molar-refractivity contribution in [2.45, 2.75) is 57.0 Å². The number of rotatable bonds is 3. The topological polar surface area (TPSA) is 88.3 Å². The van der Waals surface area contributed by atoms with Crippen LogP contribution in [0.3, 0.4) is 0 Å². The van der Waals surface area contributed by atoms with E-state index in [9.17, 15) is 9.59 Å². The van der Waals surface area contributed by atoms with Crippen molar-refractivity contribution in [3.05, 3.63) is 12.2 Å². The lowest BCUT2D eigenvalue weighted by molar-refractivity contribution is -0.156. The number of piperazine rings is 1. The largest absolute Gasteiger partial charge is 0.340 e. The van der Waals surface area contributed by atoms with Gasteiger partial charge in [-0.15, -0.1) is 0 Å². The molecule has 2 aliphatic rings. The van der Waals surface area contributed by atoms with Gasteiger partial charge in [0, 0.05) is 13.0 Å². The smallest absolute Gasteiger partial charge is 0.249 e. The molecule has 0 bridgehead atoms. The zero-order valence-electron chi connectivity index (χ0n) is 12.2. The zero-order valence-corrected chi connectivity index (χ0v) is 12.2. The molecule has 7 heteroatoms. The SMILES string of the molecule is CC1C(=O)NC2(CCCCC2)C(=O)N1CCc1ncno1. The second kappa shape index (κ2) is 5.46. The molecular weight excluding hydrogens is 272 g/mol. The van der Waals surface area contributed by atoms with E-state index in [2.05, 4.69) is 15.5 Å². The zero-order chi connectivity index (χ0) is 14.9. The Morgan fingerprint density at radius 3 is 2.81 bits per heavy atom. The van der Waals surface area contributed by atoms with Crippen LogP contribution in [0, 0.1) is 0 Å².